The Morgan fingerprint density at radius 2 is 1.97 bits per heavy atom. The Bertz CT molecular complexity index is 987. The van der Waals surface area contributed by atoms with Gasteiger partial charge in [-0.25, -0.2) is 4.79 Å². The van der Waals surface area contributed by atoms with Crippen LogP contribution >= 0.6 is 0 Å². The van der Waals surface area contributed by atoms with Crippen LogP contribution in [0, 0.1) is 5.92 Å². The SMILES string of the molecule is CN1CC[C@]23c4c5ccc(O)c4O[C@H]2C(O[C@@H]2O[C@H](C(=O)O)[C@@H](O)[C@H](O)[C@H]2O)CC[C@H]3[C@H]1C5. The summed E-state index contributed by atoms with van der Waals surface area (Å²) in [4.78, 5) is 13.9. The Kier molecular flexibility index (Phi) is 4.75. The van der Waals surface area contributed by atoms with Crippen molar-refractivity contribution < 1.29 is 44.5 Å². The number of phenolic OH excluding ortho intramolecular Hbond substituents is 1. The minimum atomic E-state index is -1.77. The molecule has 5 N–H and O–H groups in total. The number of hydrogen-bond donors (Lipinski definition) is 5. The van der Waals surface area contributed by atoms with Crippen LogP contribution in [0.1, 0.15) is 30.4 Å². The minimum absolute atomic E-state index is 0.0887. The highest BCUT2D eigenvalue weighted by atomic mass is 16.7. The average Bonchev–Trinajstić information content (AvgIpc) is 3.14. The number of carboxylic acid groups (broad SMARTS) is 1. The highest BCUT2D eigenvalue weighted by molar-refractivity contribution is 5.73. The fourth-order valence-corrected chi connectivity index (χ4v) is 7.17. The van der Waals surface area contributed by atoms with Crippen LogP contribution in [0.25, 0.3) is 0 Å². The quantitative estimate of drug-likeness (QED) is 0.391. The molecule has 2 bridgehead atoms. The van der Waals surface area contributed by atoms with Crippen LogP contribution in [0.2, 0.25) is 0 Å². The molecular formula is C23H29NO9. The van der Waals surface area contributed by atoms with E-state index in [4.69, 9.17) is 14.2 Å². The Balaban J connectivity index is 1.36. The van der Waals surface area contributed by atoms with Crippen molar-refractivity contribution in [3.63, 3.8) is 0 Å². The highest BCUT2D eigenvalue weighted by Crippen LogP contribution is 2.64. The lowest BCUT2D eigenvalue weighted by molar-refractivity contribution is -0.315. The van der Waals surface area contributed by atoms with Crippen LogP contribution in [-0.2, 0) is 26.1 Å². The van der Waals surface area contributed by atoms with Crippen molar-refractivity contribution in [1.29, 1.82) is 0 Å². The van der Waals surface area contributed by atoms with Crippen LogP contribution in [0.4, 0.5) is 0 Å². The van der Waals surface area contributed by atoms with E-state index in [1.807, 2.05) is 6.07 Å². The van der Waals surface area contributed by atoms with Crippen molar-refractivity contribution in [3.8, 4) is 11.5 Å². The predicted molar refractivity (Wildman–Crippen MR) is 111 cm³/mol. The van der Waals surface area contributed by atoms with Gasteiger partial charge in [0.25, 0.3) is 0 Å². The molecule has 1 saturated carbocycles. The number of likely N-dealkylation sites (tertiary alicyclic amines) is 1. The van der Waals surface area contributed by atoms with Gasteiger partial charge in [0, 0.05) is 17.0 Å². The topological polar surface area (TPSA) is 149 Å². The molecule has 2 saturated heterocycles. The molecule has 10 nitrogen and oxygen atoms in total. The van der Waals surface area contributed by atoms with Crippen molar-refractivity contribution in [3.05, 3.63) is 23.3 Å². The largest absolute Gasteiger partial charge is 0.504 e. The first-order valence-electron chi connectivity index (χ1n) is 11.5. The van der Waals surface area contributed by atoms with Gasteiger partial charge in [-0.3, -0.25) is 0 Å². The molecular weight excluding hydrogens is 434 g/mol. The summed E-state index contributed by atoms with van der Waals surface area (Å²) in [6, 6.07) is 3.98. The van der Waals surface area contributed by atoms with E-state index in [0.717, 1.165) is 36.9 Å². The summed E-state index contributed by atoms with van der Waals surface area (Å²) >= 11 is 0. The van der Waals surface area contributed by atoms with Gasteiger partial charge >= 0.3 is 5.97 Å². The maximum absolute atomic E-state index is 11.5. The molecule has 0 radical (unpaired) electrons. The molecule has 2 aliphatic carbocycles. The summed E-state index contributed by atoms with van der Waals surface area (Å²) in [7, 11) is 2.14. The van der Waals surface area contributed by atoms with Gasteiger partial charge in [0.2, 0.25) is 0 Å². The van der Waals surface area contributed by atoms with E-state index in [1.54, 1.807) is 6.07 Å². The van der Waals surface area contributed by atoms with Crippen molar-refractivity contribution in [2.45, 2.75) is 80.1 Å². The number of likely N-dealkylation sites (N-methyl/N-ethyl adjacent to an activating group) is 1. The Hall–Kier alpha value is -1.95. The molecule has 1 aromatic rings. The molecule has 1 aromatic carbocycles. The van der Waals surface area contributed by atoms with Crippen molar-refractivity contribution in [2.75, 3.05) is 13.6 Å². The summed E-state index contributed by atoms with van der Waals surface area (Å²) in [5, 5.41) is 50.6. The highest BCUT2D eigenvalue weighted by Gasteiger charge is 2.66. The first-order chi connectivity index (χ1) is 15.7. The number of aliphatic carboxylic acids is 1. The third-order valence-corrected chi connectivity index (χ3v) is 8.66. The van der Waals surface area contributed by atoms with Crippen LogP contribution in [0.15, 0.2) is 12.1 Å². The number of aliphatic hydroxyl groups excluding tert-OH is 3. The summed E-state index contributed by atoms with van der Waals surface area (Å²) in [6.45, 7) is 0.872. The third kappa shape index (κ3) is 2.79. The molecule has 10 atom stereocenters. The number of carbonyl (C=O) groups is 1. The molecule has 3 heterocycles. The normalized spacial score (nSPS) is 45.9. The molecule has 10 heteroatoms. The van der Waals surface area contributed by atoms with Crippen molar-refractivity contribution >= 4 is 5.97 Å². The number of rotatable bonds is 3. The molecule has 1 unspecified atom stereocenters. The lowest BCUT2D eigenvalue weighted by Crippen LogP contribution is -2.67. The fraction of sp³-hybridized carbons (Fsp3) is 0.696. The van der Waals surface area contributed by atoms with E-state index in [9.17, 15) is 30.3 Å². The monoisotopic (exact) mass is 463 g/mol. The van der Waals surface area contributed by atoms with Gasteiger partial charge in [-0.2, -0.15) is 0 Å². The number of ether oxygens (including phenoxy) is 3. The first kappa shape index (κ1) is 21.6. The van der Waals surface area contributed by atoms with Crippen molar-refractivity contribution in [1.82, 2.24) is 4.90 Å². The minimum Gasteiger partial charge on any atom is -0.504 e. The summed E-state index contributed by atoms with van der Waals surface area (Å²) in [5.41, 5.74) is 1.86. The summed E-state index contributed by atoms with van der Waals surface area (Å²) in [6.07, 6.45) is -6.12. The molecule has 0 aromatic heterocycles. The van der Waals surface area contributed by atoms with E-state index in [-0.39, 0.29) is 11.2 Å². The molecule has 180 valence electrons. The number of nitrogens with zero attached hydrogens (tertiary/aromatic N) is 1. The van der Waals surface area contributed by atoms with Crippen LogP contribution in [0.5, 0.6) is 11.5 Å². The average molecular weight is 463 g/mol. The maximum atomic E-state index is 11.5. The fourth-order valence-electron chi connectivity index (χ4n) is 7.17. The Labute approximate surface area is 190 Å². The lowest BCUT2D eigenvalue weighted by atomic mass is 9.51. The molecule has 3 aliphatic heterocycles. The van der Waals surface area contributed by atoms with Crippen LogP contribution in [0.3, 0.4) is 0 Å². The molecule has 3 fully saturated rings. The smallest absolute Gasteiger partial charge is 0.335 e. The number of piperidine rings is 1. The summed E-state index contributed by atoms with van der Waals surface area (Å²) in [5.74, 6) is -0.558. The van der Waals surface area contributed by atoms with Crippen molar-refractivity contribution in [2.24, 2.45) is 5.92 Å². The zero-order valence-corrected chi connectivity index (χ0v) is 18.2. The van der Waals surface area contributed by atoms with E-state index in [1.165, 1.54) is 0 Å². The van der Waals surface area contributed by atoms with Crippen LogP contribution in [-0.4, -0.2) is 98.9 Å². The second kappa shape index (κ2) is 7.27. The zero-order chi connectivity index (χ0) is 23.2. The number of benzene rings is 1. The number of phenols is 1. The zero-order valence-electron chi connectivity index (χ0n) is 18.2. The molecule has 1 spiro atoms. The standard InChI is InChI=1S/C23H29NO9/c1-24-7-6-23-10-3-5-13(31-22-17(28)15(26)16(27)19(33-22)21(29)30)20(23)32-18-12(25)4-2-9(14(18)23)8-11(10)24/h2,4,10-11,13,15-17,19-20,22,25-28H,3,5-8H2,1H3,(H,29,30)/t10-,11+,13?,15-,16-,17+,19-,20-,22+,23-/m0/s1. The predicted octanol–water partition coefficient (Wildman–Crippen LogP) is -0.661. The van der Waals surface area contributed by atoms with E-state index >= 15 is 0 Å². The number of aliphatic hydroxyl groups is 3. The number of aromatic hydroxyl groups is 1. The Morgan fingerprint density at radius 1 is 1.18 bits per heavy atom. The number of hydrogen-bond acceptors (Lipinski definition) is 9. The molecule has 0 amide bonds. The van der Waals surface area contributed by atoms with E-state index in [2.05, 4.69) is 11.9 Å². The van der Waals surface area contributed by atoms with Gasteiger partial charge in [-0.15, -0.1) is 0 Å². The lowest BCUT2D eigenvalue weighted by Gasteiger charge is -2.59. The van der Waals surface area contributed by atoms with Crippen LogP contribution < -0.4 is 4.74 Å². The Morgan fingerprint density at radius 3 is 2.73 bits per heavy atom. The second-order valence-corrected chi connectivity index (χ2v) is 10.1. The van der Waals surface area contributed by atoms with Gasteiger partial charge in [0.15, 0.2) is 23.9 Å². The van der Waals surface area contributed by atoms with Gasteiger partial charge in [0.05, 0.1) is 6.10 Å². The summed E-state index contributed by atoms with van der Waals surface area (Å²) < 4.78 is 17.9. The second-order valence-electron chi connectivity index (χ2n) is 10.1. The third-order valence-electron chi connectivity index (χ3n) is 8.66. The van der Waals surface area contributed by atoms with E-state index < -0.39 is 48.9 Å². The van der Waals surface area contributed by atoms with Gasteiger partial charge in [-0.05, 0) is 56.8 Å². The molecule has 6 rings (SSSR count). The first-order valence-corrected chi connectivity index (χ1v) is 11.5. The van der Waals surface area contributed by atoms with Gasteiger partial charge in [-0.1, -0.05) is 6.07 Å². The van der Waals surface area contributed by atoms with E-state index in [0.29, 0.717) is 24.1 Å². The maximum Gasteiger partial charge on any atom is 0.335 e. The number of carboxylic acids is 1. The van der Waals surface area contributed by atoms with Gasteiger partial charge in [0.1, 0.15) is 24.4 Å². The molecule has 33 heavy (non-hydrogen) atoms. The van der Waals surface area contributed by atoms with Gasteiger partial charge < -0.3 is 44.6 Å². The molecule has 5 aliphatic rings.